The molecule has 0 unspecified atom stereocenters. The molecular formula is C15H20N4O3S. The number of hydrogen-bond donors (Lipinski definition) is 1. The summed E-state index contributed by atoms with van der Waals surface area (Å²) in [6.07, 6.45) is 1.46. The quantitative estimate of drug-likeness (QED) is 0.643. The second-order valence-corrected chi connectivity index (χ2v) is 6.63. The lowest BCUT2D eigenvalue weighted by Gasteiger charge is -2.05. The number of hydrogen-bond acceptors (Lipinski definition) is 5. The summed E-state index contributed by atoms with van der Waals surface area (Å²) in [6, 6.07) is 6.17. The molecule has 0 fully saturated rings. The van der Waals surface area contributed by atoms with Crippen LogP contribution in [-0.4, -0.2) is 31.0 Å². The van der Waals surface area contributed by atoms with Gasteiger partial charge in [0, 0.05) is 18.3 Å². The van der Waals surface area contributed by atoms with Crippen LogP contribution in [0, 0.1) is 13.8 Å². The molecule has 0 aliphatic heterocycles. The molecule has 0 saturated heterocycles. The van der Waals surface area contributed by atoms with Gasteiger partial charge >= 0.3 is 0 Å². The van der Waals surface area contributed by atoms with Gasteiger partial charge in [-0.1, -0.05) is 0 Å². The molecule has 0 saturated carbocycles. The Kier molecular flexibility index (Phi) is 5.05. The average molecular weight is 336 g/mol. The molecule has 124 valence electrons. The van der Waals surface area contributed by atoms with E-state index >= 15 is 0 Å². The van der Waals surface area contributed by atoms with Crippen LogP contribution in [0.3, 0.4) is 0 Å². The lowest BCUT2D eigenvalue weighted by Crippen LogP contribution is -2.18. The van der Waals surface area contributed by atoms with E-state index in [1.165, 1.54) is 18.3 Å². The molecule has 0 radical (unpaired) electrons. The Morgan fingerprint density at radius 1 is 1.30 bits per heavy atom. The van der Waals surface area contributed by atoms with Crippen molar-refractivity contribution < 1.29 is 13.2 Å². The fourth-order valence-corrected chi connectivity index (χ4v) is 2.86. The number of rotatable bonds is 6. The van der Waals surface area contributed by atoms with E-state index in [9.17, 15) is 8.42 Å². The molecule has 23 heavy (non-hydrogen) atoms. The summed E-state index contributed by atoms with van der Waals surface area (Å²) in [5.41, 5.74) is 2.49. The summed E-state index contributed by atoms with van der Waals surface area (Å²) in [6.45, 7) is 6.12. The van der Waals surface area contributed by atoms with Gasteiger partial charge in [-0.2, -0.15) is 18.6 Å². The highest BCUT2D eigenvalue weighted by molar-refractivity contribution is 7.89. The van der Waals surface area contributed by atoms with Crippen molar-refractivity contribution in [3.8, 4) is 5.75 Å². The highest BCUT2D eigenvalue weighted by Gasteiger charge is 2.13. The summed E-state index contributed by atoms with van der Waals surface area (Å²) >= 11 is 0. The Labute approximate surface area is 136 Å². The molecule has 8 heteroatoms. The van der Waals surface area contributed by atoms with Gasteiger partial charge in [0.15, 0.2) is 0 Å². The number of nitrogens with one attached hydrogen (secondary N) is 1. The molecule has 2 aromatic rings. The van der Waals surface area contributed by atoms with Crippen LogP contribution >= 0.6 is 0 Å². The third kappa shape index (κ3) is 3.89. The van der Waals surface area contributed by atoms with Crippen molar-refractivity contribution in [2.75, 3.05) is 6.61 Å². The smallest absolute Gasteiger partial charge is 0.276 e. The first-order valence-corrected chi connectivity index (χ1v) is 8.61. The van der Waals surface area contributed by atoms with E-state index in [4.69, 9.17) is 4.74 Å². The summed E-state index contributed by atoms with van der Waals surface area (Å²) < 4.78 is 31.4. The van der Waals surface area contributed by atoms with Crippen molar-refractivity contribution in [1.82, 2.24) is 14.6 Å². The molecule has 2 rings (SSSR count). The number of ether oxygens (including phenoxy) is 1. The first-order chi connectivity index (χ1) is 10.8. The van der Waals surface area contributed by atoms with Gasteiger partial charge in [0.1, 0.15) is 5.75 Å². The van der Waals surface area contributed by atoms with Crippen molar-refractivity contribution in [3.63, 3.8) is 0 Å². The minimum absolute atomic E-state index is 0.123. The maximum Gasteiger partial charge on any atom is 0.276 e. The fourth-order valence-electron chi connectivity index (χ4n) is 2.07. The van der Waals surface area contributed by atoms with Gasteiger partial charge in [-0.15, -0.1) is 0 Å². The van der Waals surface area contributed by atoms with Crippen LogP contribution < -0.4 is 9.57 Å². The zero-order valence-electron chi connectivity index (χ0n) is 13.6. The van der Waals surface area contributed by atoms with E-state index in [1.807, 2.05) is 27.8 Å². The van der Waals surface area contributed by atoms with E-state index in [-0.39, 0.29) is 4.90 Å². The van der Waals surface area contributed by atoms with E-state index in [0.717, 1.165) is 17.0 Å². The molecule has 0 spiro atoms. The van der Waals surface area contributed by atoms with Crippen LogP contribution in [0.15, 0.2) is 34.3 Å². The lowest BCUT2D eigenvalue weighted by atomic mass is 10.2. The molecule has 1 heterocycles. The largest absolute Gasteiger partial charge is 0.494 e. The molecule has 1 aromatic heterocycles. The summed E-state index contributed by atoms with van der Waals surface area (Å²) in [5, 5.41) is 8.08. The monoisotopic (exact) mass is 336 g/mol. The van der Waals surface area contributed by atoms with Crippen molar-refractivity contribution in [1.29, 1.82) is 0 Å². The Hall–Kier alpha value is -2.35. The Balaban J connectivity index is 2.13. The van der Waals surface area contributed by atoms with Gasteiger partial charge in [-0.05, 0) is 45.0 Å². The number of benzene rings is 1. The van der Waals surface area contributed by atoms with Crippen molar-refractivity contribution in [3.05, 3.63) is 41.2 Å². The number of aryl methyl sites for hydroxylation is 2. The maximum absolute atomic E-state index is 12.2. The zero-order chi connectivity index (χ0) is 17.0. The molecule has 0 bridgehead atoms. The van der Waals surface area contributed by atoms with Gasteiger partial charge < -0.3 is 4.74 Å². The molecule has 0 amide bonds. The van der Waals surface area contributed by atoms with Gasteiger partial charge in [0.2, 0.25) is 0 Å². The Morgan fingerprint density at radius 2 is 1.96 bits per heavy atom. The first kappa shape index (κ1) is 17.0. The SMILES string of the molecule is CCOc1ccc(S(=O)(=O)N/N=C\c2c(C)nn(C)c2C)cc1. The van der Waals surface area contributed by atoms with Crippen LogP contribution in [0.5, 0.6) is 5.75 Å². The summed E-state index contributed by atoms with van der Waals surface area (Å²) in [4.78, 5) is 2.33. The van der Waals surface area contributed by atoms with Crippen LogP contribution in [0.2, 0.25) is 0 Å². The van der Waals surface area contributed by atoms with Crippen LogP contribution in [0.25, 0.3) is 0 Å². The second-order valence-electron chi connectivity index (χ2n) is 4.97. The van der Waals surface area contributed by atoms with Crippen molar-refractivity contribution >= 4 is 16.2 Å². The van der Waals surface area contributed by atoms with Crippen molar-refractivity contribution in [2.45, 2.75) is 25.7 Å². The maximum atomic E-state index is 12.2. The van der Waals surface area contributed by atoms with E-state index < -0.39 is 10.0 Å². The zero-order valence-corrected chi connectivity index (χ0v) is 14.4. The number of aromatic nitrogens is 2. The van der Waals surface area contributed by atoms with Crippen LogP contribution in [0.1, 0.15) is 23.9 Å². The molecule has 1 aromatic carbocycles. The lowest BCUT2D eigenvalue weighted by molar-refractivity contribution is 0.340. The third-order valence-electron chi connectivity index (χ3n) is 3.38. The molecule has 0 aliphatic carbocycles. The van der Waals surface area contributed by atoms with Gasteiger partial charge in [0.25, 0.3) is 10.0 Å². The predicted molar refractivity (Wildman–Crippen MR) is 88.2 cm³/mol. The predicted octanol–water partition coefficient (Wildman–Crippen LogP) is 1.75. The molecule has 1 N–H and O–H groups in total. The van der Waals surface area contributed by atoms with Gasteiger partial charge in [-0.3, -0.25) is 4.68 Å². The minimum Gasteiger partial charge on any atom is -0.494 e. The first-order valence-electron chi connectivity index (χ1n) is 7.13. The highest BCUT2D eigenvalue weighted by atomic mass is 32.2. The van der Waals surface area contributed by atoms with Crippen LogP contribution in [-0.2, 0) is 17.1 Å². The van der Waals surface area contributed by atoms with Crippen molar-refractivity contribution in [2.24, 2.45) is 12.1 Å². The van der Waals surface area contributed by atoms with E-state index in [0.29, 0.717) is 12.4 Å². The second kappa shape index (κ2) is 6.82. The standard InChI is InChI=1S/C15H20N4O3S/c1-5-22-13-6-8-14(9-7-13)23(20,21)18-16-10-15-11(2)17-19(4)12(15)3/h6-10,18H,5H2,1-4H3/b16-10-. The highest BCUT2D eigenvalue weighted by Crippen LogP contribution is 2.16. The normalized spacial score (nSPS) is 11.8. The molecule has 0 aliphatic rings. The number of nitrogens with zero attached hydrogens (tertiary/aromatic N) is 3. The third-order valence-corrected chi connectivity index (χ3v) is 4.62. The summed E-state index contributed by atoms with van der Waals surface area (Å²) in [7, 11) is -1.89. The Morgan fingerprint density at radius 3 is 2.48 bits per heavy atom. The van der Waals surface area contributed by atoms with Gasteiger partial charge in [0.05, 0.1) is 23.4 Å². The molecule has 7 nitrogen and oxygen atoms in total. The average Bonchev–Trinajstić information content (AvgIpc) is 2.74. The summed E-state index contributed by atoms with van der Waals surface area (Å²) in [5.74, 6) is 0.622. The molecule has 0 atom stereocenters. The Bertz CT molecular complexity index is 808. The van der Waals surface area contributed by atoms with Crippen LogP contribution in [0.4, 0.5) is 0 Å². The van der Waals surface area contributed by atoms with E-state index in [2.05, 4.69) is 15.0 Å². The molecular weight excluding hydrogens is 316 g/mol. The topological polar surface area (TPSA) is 85.6 Å². The fraction of sp³-hybridized carbons (Fsp3) is 0.333. The van der Waals surface area contributed by atoms with Gasteiger partial charge in [-0.25, -0.2) is 4.83 Å². The van der Waals surface area contributed by atoms with E-state index in [1.54, 1.807) is 16.8 Å². The number of hydrazone groups is 1. The minimum atomic E-state index is -3.71. The number of sulfonamides is 1.